The van der Waals surface area contributed by atoms with Crippen LogP contribution < -0.4 is 20.5 Å². The molecule has 0 atom stereocenters. The highest BCUT2D eigenvalue weighted by Crippen LogP contribution is 2.19. The van der Waals surface area contributed by atoms with Crippen molar-refractivity contribution in [1.29, 1.82) is 0 Å². The summed E-state index contributed by atoms with van der Waals surface area (Å²) in [7, 11) is 1.60. The van der Waals surface area contributed by atoms with E-state index in [2.05, 4.69) is 10.3 Å². The zero-order valence-corrected chi connectivity index (χ0v) is 17.3. The smallest absolute Gasteiger partial charge is 0.412 e. The van der Waals surface area contributed by atoms with Crippen LogP contribution in [0.15, 0.2) is 77.8 Å². The van der Waals surface area contributed by atoms with E-state index < -0.39 is 6.09 Å². The molecule has 3 aromatic carbocycles. The summed E-state index contributed by atoms with van der Waals surface area (Å²) >= 11 is 0. The number of rotatable bonds is 9. The third-order valence-electron chi connectivity index (χ3n) is 4.43. The number of nitrogens with one attached hydrogen (secondary N) is 1. The molecule has 0 aromatic heterocycles. The van der Waals surface area contributed by atoms with E-state index in [0.29, 0.717) is 18.8 Å². The zero-order valence-electron chi connectivity index (χ0n) is 17.3. The largest absolute Gasteiger partial charge is 0.497 e. The van der Waals surface area contributed by atoms with Gasteiger partial charge >= 0.3 is 6.09 Å². The molecule has 0 radical (unpaired) electrons. The Bertz CT molecular complexity index is 985. The fraction of sp³-hybridized carbons (Fsp3) is 0.167. The molecule has 0 spiro atoms. The molecule has 0 unspecified atom stereocenters. The number of carbonyl (C=O) groups is 1. The molecule has 1 amide bonds. The quantitative estimate of drug-likeness (QED) is 0.398. The van der Waals surface area contributed by atoms with Gasteiger partial charge in [-0.1, -0.05) is 36.4 Å². The number of amides is 1. The van der Waals surface area contributed by atoms with Gasteiger partial charge in [0.1, 0.15) is 24.7 Å². The van der Waals surface area contributed by atoms with Crippen molar-refractivity contribution in [3.8, 4) is 11.5 Å². The van der Waals surface area contributed by atoms with Crippen molar-refractivity contribution in [3.05, 3.63) is 89.5 Å². The molecule has 3 N–H and O–H groups in total. The number of carbonyl (C=O) groups excluding carboxylic acids is 1. The Morgan fingerprint density at radius 2 is 1.45 bits per heavy atom. The van der Waals surface area contributed by atoms with Crippen molar-refractivity contribution in [3.63, 3.8) is 0 Å². The maximum Gasteiger partial charge on any atom is 0.412 e. The minimum absolute atomic E-state index is 0.157. The highest BCUT2D eigenvalue weighted by Gasteiger charge is 2.02. The first-order chi connectivity index (χ1) is 15.2. The predicted molar refractivity (Wildman–Crippen MR) is 120 cm³/mol. The van der Waals surface area contributed by atoms with Crippen molar-refractivity contribution in [2.24, 2.45) is 10.7 Å². The minimum Gasteiger partial charge on any atom is -0.497 e. The number of methoxy groups -OCH3 is 1. The van der Waals surface area contributed by atoms with E-state index in [1.807, 2.05) is 60.7 Å². The van der Waals surface area contributed by atoms with Crippen LogP contribution in [-0.4, -0.2) is 19.5 Å². The van der Waals surface area contributed by atoms with Gasteiger partial charge in [-0.3, -0.25) is 5.32 Å². The molecule has 0 saturated heterocycles. The summed E-state index contributed by atoms with van der Waals surface area (Å²) in [6, 6.07) is 22.5. The Balaban J connectivity index is 1.40. The monoisotopic (exact) mass is 419 g/mol. The van der Waals surface area contributed by atoms with Gasteiger partial charge in [-0.2, -0.15) is 0 Å². The molecule has 3 aromatic rings. The lowest BCUT2D eigenvalue weighted by Gasteiger charge is -2.07. The highest BCUT2D eigenvalue weighted by molar-refractivity contribution is 5.83. The molecule has 0 aliphatic heterocycles. The third-order valence-corrected chi connectivity index (χ3v) is 4.43. The van der Waals surface area contributed by atoms with Gasteiger partial charge in [-0.15, -0.1) is 0 Å². The first-order valence-electron chi connectivity index (χ1n) is 9.76. The van der Waals surface area contributed by atoms with E-state index >= 15 is 0 Å². The van der Waals surface area contributed by atoms with Crippen LogP contribution in [0.4, 0.5) is 10.5 Å². The van der Waals surface area contributed by atoms with Crippen molar-refractivity contribution in [2.45, 2.75) is 19.8 Å². The summed E-state index contributed by atoms with van der Waals surface area (Å²) in [5.41, 5.74) is 9.29. The predicted octanol–water partition coefficient (Wildman–Crippen LogP) is 4.32. The Labute approximate surface area is 181 Å². The summed E-state index contributed by atoms with van der Waals surface area (Å²) in [6.07, 6.45) is 0.714. The van der Waals surface area contributed by atoms with Gasteiger partial charge in [0.15, 0.2) is 0 Å². The number of nitrogens with zero attached hydrogens (tertiary/aromatic N) is 1. The van der Waals surface area contributed by atoms with Crippen molar-refractivity contribution in [1.82, 2.24) is 5.32 Å². The highest BCUT2D eigenvalue weighted by atomic mass is 16.5. The molecule has 0 bridgehead atoms. The molecule has 31 heavy (non-hydrogen) atoms. The van der Waals surface area contributed by atoms with Gasteiger partial charge in [0.2, 0.25) is 0 Å². The van der Waals surface area contributed by atoms with Crippen LogP contribution in [0.2, 0.25) is 0 Å². The first kappa shape index (κ1) is 21.9. The van der Waals surface area contributed by atoms with Gasteiger partial charge in [0, 0.05) is 6.54 Å². The van der Waals surface area contributed by atoms with Crippen LogP contribution in [0.25, 0.3) is 0 Å². The molecule has 0 heterocycles. The van der Waals surface area contributed by atoms with Crippen molar-refractivity contribution in [2.75, 3.05) is 7.11 Å². The first-order valence-corrected chi connectivity index (χ1v) is 9.76. The van der Waals surface area contributed by atoms with Crippen LogP contribution in [0, 0.1) is 0 Å². The summed E-state index contributed by atoms with van der Waals surface area (Å²) in [4.78, 5) is 15.9. The Morgan fingerprint density at radius 1 is 0.871 bits per heavy atom. The second kappa shape index (κ2) is 11.4. The van der Waals surface area contributed by atoms with Crippen molar-refractivity contribution >= 4 is 18.1 Å². The summed E-state index contributed by atoms with van der Waals surface area (Å²) in [5.74, 6) is 1.48. The van der Waals surface area contributed by atoms with E-state index in [-0.39, 0.29) is 6.61 Å². The second-order valence-electron chi connectivity index (χ2n) is 6.63. The number of hydrogen-bond acceptors (Lipinski definition) is 6. The molecule has 0 aliphatic carbocycles. The van der Waals surface area contributed by atoms with Crippen LogP contribution >= 0.6 is 0 Å². The van der Waals surface area contributed by atoms with Crippen LogP contribution in [0.3, 0.4) is 0 Å². The van der Waals surface area contributed by atoms with Gasteiger partial charge < -0.3 is 19.9 Å². The standard InChI is InChI=1S/C24H25N3O4/c1-29-22-10-6-20(7-11-22)16-31-24(28)27-17-26-21-8-12-23(13-9-21)30-15-19-4-2-18(14-25)3-5-19/h2-13,17H,14-16,25H2,1H3,(H,26,27,28). The maximum atomic E-state index is 11.8. The van der Waals surface area contributed by atoms with Gasteiger partial charge in [0.25, 0.3) is 0 Å². The maximum absolute atomic E-state index is 11.8. The number of hydrogen-bond donors (Lipinski definition) is 2. The average Bonchev–Trinajstić information content (AvgIpc) is 2.83. The second-order valence-corrected chi connectivity index (χ2v) is 6.63. The molecule has 7 nitrogen and oxygen atoms in total. The van der Waals surface area contributed by atoms with E-state index in [9.17, 15) is 4.79 Å². The number of nitrogens with two attached hydrogens (primary N) is 1. The Kier molecular flexibility index (Phi) is 8.02. The molecular weight excluding hydrogens is 394 g/mol. The fourth-order valence-corrected chi connectivity index (χ4v) is 2.64. The van der Waals surface area contributed by atoms with E-state index in [4.69, 9.17) is 19.9 Å². The third kappa shape index (κ3) is 7.17. The van der Waals surface area contributed by atoms with Crippen LogP contribution in [-0.2, 0) is 24.5 Å². The Hall–Kier alpha value is -3.84. The SMILES string of the molecule is COc1ccc(COC(=O)NC=Nc2ccc(OCc3ccc(CN)cc3)cc2)cc1. The summed E-state index contributed by atoms with van der Waals surface area (Å²) in [5, 5.41) is 2.48. The van der Waals surface area contributed by atoms with E-state index in [1.54, 1.807) is 19.2 Å². The lowest BCUT2D eigenvalue weighted by atomic mass is 10.1. The van der Waals surface area contributed by atoms with Gasteiger partial charge in [-0.25, -0.2) is 9.79 Å². The molecule has 3 rings (SSSR count). The minimum atomic E-state index is -0.583. The average molecular weight is 419 g/mol. The topological polar surface area (TPSA) is 95.2 Å². The Morgan fingerprint density at radius 3 is 2.10 bits per heavy atom. The molecule has 0 aliphatic rings. The summed E-state index contributed by atoms with van der Waals surface area (Å²) in [6.45, 7) is 1.15. The normalized spacial score (nSPS) is 10.6. The molecule has 160 valence electrons. The number of alkyl carbamates (subject to hydrolysis) is 1. The fourth-order valence-electron chi connectivity index (χ4n) is 2.64. The van der Waals surface area contributed by atoms with Gasteiger partial charge in [0.05, 0.1) is 19.1 Å². The lowest BCUT2D eigenvalue weighted by molar-refractivity contribution is 0.145. The molecule has 0 fully saturated rings. The zero-order chi connectivity index (χ0) is 21.9. The molecule has 7 heteroatoms. The number of ether oxygens (including phenoxy) is 3. The summed E-state index contributed by atoms with van der Waals surface area (Å²) < 4.78 is 16.0. The van der Waals surface area contributed by atoms with Gasteiger partial charge in [-0.05, 0) is 53.1 Å². The molecular formula is C24H25N3O4. The van der Waals surface area contributed by atoms with Crippen LogP contribution in [0.1, 0.15) is 16.7 Å². The van der Waals surface area contributed by atoms with E-state index in [0.717, 1.165) is 28.2 Å². The number of benzene rings is 3. The molecule has 0 saturated carbocycles. The van der Waals surface area contributed by atoms with Crippen molar-refractivity contribution < 1.29 is 19.0 Å². The van der Waals surface area contributed by atoms with Crippen LogP contribution in [0.5, 0.6) is 11.5 Å². The number of aliphatic imine (C=N–C) groups is 1. The lowest BCUT2D eigenvalue weighted by Crippen LogP contribution is -2.22. The van der Waals surface area contributed by atoms with E-state index in [1.165, 1.54) is 6.34 Å².